The summed E-state index contributed by atoms with van der Waals surface area (Å²) in [5.74, 6) is -0.473. The van der Waals surface area contributed by atoms with Gasteiger partial charge >= 0.3 is 0 Å². The highest BCUT2D eigenvalue weighted by molar-refractivity contribution is 6.21. The van der Waals surface area contributed by atoms with Gasteiger partial charge in [-0.05, 0) is 43.2 Å². The first-order valence-electron chi connectivity index (χ1n) is 7.87. The minimum atomic E-state index is -0.237. The molecule has 1 aromatic heterocycles. The smallest absolute Gasteiger partial charge is 0.261 e. The maximum atomic E-state index is 12.5. The van der Waals surface area contributed by atoms with E-state index in [4.69, 9.17) is 0 Å². The molecule has 4 rings (SSSR count). The van der Waals surface area contributed by atoms with E-state index in [1.165, 1.54) is 4.90 Å². The summed E-state index contributed by atoms with van der Waals surface area (Å²) in [4.78, 5) is 31.0. The van der Waals surface area contributed by atoms with Crippen molar-refractivity contribution >= 4 is 22.7 Å². The number of carbonyl (C=O) groups excluding carboxylic acids is 2. The zero-order valence-electron chi connectivity index (χ0n) is 13.5. The van der Waals surface area contributed by atoms with Crippen LogP contribution in [0.25, 0.3) is 10.9 Å². The second kappa shape index (κ2) is 5.27. The van der Waals surface area contributed by atoms with Gasteiger partial charge in [0.25, 0.3) is 11.8 Å². The van der Waals surface area contributed by atoms with Crippen LogP contribution in [0.2, 0.25) is 0 Å². The normalized spacial score (nSPS) is 13.7. The first-order valence-corrected chi connectivity index (χ1v) is 7.87. The molecular weight excluding hydrogens is 300 g/mol. The van der Waals surface area contributed by atoms with Gasteiger partial charge in [-0.15, -0.1) is 0 Å². The van der Waals surface area contributed by atoms with Crippen molar-refractivity contribution in [3.63, 3.8) is 0 Å². The Morgan fingerprint density at radius 3 is 2.25 bits per heavy atom. The van der Waals surface area contributed by atoms with E-state index in [1.807, 2.05) is 38.1 Å². The summed E-state index contributed by atoms with van der Waals surface area (Å²) < 4.78 is 0. The van der Waals surface area contributed by atoms with E-state index in [-0.39, 0.29) is 18.4 Å². The third-order valence-electron chi connectivity index (χ3n) is 4.55. The number of nitrogens with zero attached hydrogens (tertiary/aromatic N) is 2. The van der Waals surface area contributed by atoms with Crippen molar-refractivity contribution in [1.29, 1.82) is 0 Å². The van der Waals surface area contributed by atoms with Gasteiger partial charge in [0.15, 0.2) is 0 Å². The Morgan fingerprint density at radius 1 is 0.917 bits per heavy atom. The zero-order valence-corrected chi connectivity index (χ0v) is 13.5. The predicted molar refractivity (Wildman–Crippen MR) is 91.9 cm³/mol. The molecule has 4 heteroatoms. The molecule has 0 atom stereocenters. The quantitative estimate of drug-likeness (QED) is 0.678. The van der Waals surface area contributed by atoms with Crippen LogP contribution in [0.4, 0.5) is 0 Å². The Bertz CT molecular complexity index is 973. The third-order valence-corrected chi connectivity index (χ3v) is 4.55. The number of rotatable bonds is 2. The minimum Gasteiger partial charge on any atom is -0.270 e. The number of amides is 2. The van der Waals surface area contributed by atoms with Crippen LogP contribution >= 0.6 is 0 Å². The third kappa shape index (κ3) is 2.11. The molecule has 1 aliphatic heterocycles. The van der Waals surface area contributed by atoms with Crippen LogP contribution in [0.15, 0.2) is 48.5 Å². The minimum absolute atomic E-state index is 0.237. The number of aromatic nitrogens is 1. The molecule has 4 nitrogen and oxygen atoms in total. The van der Waals surface area contributed by atoms with Gasteiger partial charge in [-0.25, -0.2) is 0 Å². The van der Waals surface area contributed by atoms with Crippen LogP contribution < -0.4 is 0 Å². The van der Waals surface area contributed by atoms with Gasteiger partial charge in [0.2, 0.25) is 0 Å². The van der Waals surface area contributed by atoms with Crippen LogP contribution in [0.3, 0.4) is 0 Å². The molecule has 0 radical (unpaired) electrons. The summed E-state index contributed by atoms with van der Waals surface area (Å²) in [6.45, 7) is 4.19. The van der Waals surface area contributed by atoms with Gasteiger partial charge in [0.1, 0.15) is 0 Å². The molecule has 0 aliphatic carbocycles. The molecule has 24 heavy (non-hydrogen) atoms. The van der Waals surface area contributed by atoms with Gasteiger partial charge < -0.3 is 0 Å². The summed E-state index contributed by atoms with van der Waals surface area (Å²) in [6.07, 6.45) is 0. The molecular formula is C20H16N2O2. The summed E-state index contributed by atoms with van der Waals surface area (Å²) in [6, 6.07) is 15.0. The standard InChI is InChI=1S/C20H16N2O2/c1-12-6-5-7-14-10-15(13(2)21-18(12)14)11-22-19(23)16-8-3-4-9-17(16)20(22)24/h3-10H,11H2,1-2H3. The van der Waals surface area contributed by atoms with Crippen LogP contribution in [0, 0.1) is 13.8 Å². The second-order valence-corrected chi connectivity index (χ2v) is 6.12. The van der Waals surface area contributed by atoms with Crippen molar-refractivity contribution in [3.05, 3.63) is 76.5 Å². The second-order valence-electron chi connectivity index (χ2n) is 6.12. The van der Waals surface area contributed by atoms with Crippen LogP contribution in [0.1, 0.15) is 37.5 Å². The molecule has 0 bridgehead atoms. The fraction of sp³-hybridized carbons (Fsp3) is 0.150. The van der Waals surface area contributed by atoms with Crippen molar-refractivity contribution in [2.24, 2.45) is 0 Å². The summed E-state index contributed by atoms with van der Waals surface area (Å²) in [5.41, 5.74) is 4.76. The molecule has 2 amide bonds. The molecule has 2 heterocycles. The first kappa shape index (κ1) is 14.6. The van der Waals surface area contributed by atoms with E-state index in [1.54, 1.807) is 24.3 Å². The topological polar surface area (TPSA) is 50.3 Å². The molecule has 0 N–H and O–H groups in total. The van der Waals surface area contributed by atoms with E-state index >= 15 is 0 Å². The Morgan fingerprint density at radius 2 is 1.58 bits per heavy atom. The van der Waals surface area contributed by atoms with Crippen molar-refractivity contribution in [3.8, 4) is 0 Å². The van der Waals surface area contributed by atoms with Gasteiger partial charge in [-0.3, -0.25) is 19.5 Å². The highest BCUT2D eigenvalue weighted by Crippen LogP contribution is 2.26. The number of hydrogen-bond donors (Lipinski definition) is 0. The average molecular weight is 316 g/mol. The fourth-order valence-corrected chi connectivity index (χ4v) is 3.20. The Hall–Kier alpha value is -3.01. The predicted octanol–water partition coefficient (Wildman–Crippen LogP) is 3.65. The van der Waals surface area contributed by atoms with Crippen molar-refractivity contribution in [2.75, 3.05) is 0 Å². The number of fused-ring (bicyclic) bond motifs is 2. The van der Waals surface area contributed by atoms with Gasteiger partial charge in [0, 0.05) is 11.1 Å². The number of aryl methyl sites for hydroxylation is 2. The SMILES string of the molecule is Cc1nc2c(C)cccc2cc1CN1C(=O)c2ccccc2C1=O. The van der Waals surface area contributed by atoms with E-state index in [9.17, 15) is 9.59 Å². The van der Waals surface area contributed by atoms with Crippen LogP contribution in [-0.2, 0) is 6.54 Å². The fourth-order valence-electron chi connectivity index (χ4n) is 3.20. The number of para-hydroxylation sites is 1. The van der Waals surface area contributed by atoms with Crippen molar-refractivity contribution in [2.45, 2.75) is 20.4 Å². The molecule has 118 valence electrons. The molecule has 0 saturated carbocycles. The summed E-state index contributed by atoms with van der Waals surface area (Å²) in [7, 11) is 0. The monoisotopic (exact) mass is 316 g/mol. The lowest BCUT2D eigenvalue weighted by atomic mass is 10.1. The molecule has 2 aromatic carbocycles. The Labute approximate surface area is 139 Å². The number of benzene rings is 2. The van der Waals surface area contributed by atoms with Gasteiger partial charge in [-0.2, -0.15) is 0 Å². The number of carbonyl (C=O) groups is 2. The van der Waals surface area contributed by atoms with E-state index in [0.717, 1.165) is 27.7 Å². The van der Waals surface area contributed by atoms with E-state index in [2.05, 4.69) is 4.98 Å². The molecule has 1 aliphatic rings. The van der Waals surface area contributed by atoms with Crippen LogP contribution in [-0.4, -0.2) is 21.7 Å². The molecule has 3 aromatic rings. The number of hydrogen-bond acceptors (Lipinski definition) is 3. The molecule has 0 fully saturated rings. The maximum absolute atomic E-state index is 12.5. The zero-order chi connectivity index (χ0) is 16.8. The van der Waals surface area contributed by atoms with Crippen LogP contribution in [0.5, 0.6) is 0 Å². The molecule has 0 unspecified atom stereocenters. The van der Waals surface area contributed by atoms with Gasteiger partial charge in [0.05, 0.1) is 23.2 Å². The number of imide groups is 1. The Kier molecular flexibility index (Phi) is 3.20. The summed E-state index contributed by atoms with van der Waals surface area (Å²) >= 11 is 0. The number of pyridine rings is 1. The lowest BCUT2D eigenvalue weighted by Gasteiger charge is -2.16. The molecule has 0 spiro atoms. The highest BCUT2D eigenvalue weighted by atomic mass is 16.2. The lowest BCUT2D eigenvalue weighted by Crippen LogP contribution is -2.29. The maximum Gasteiger partial charge on any atom is 0.261 e. The van der Waals surface area contributed by atoms with Crippen molar-refractivity contribution < 1.29 is 9.59 Å². The van der Waals surface area contributed by atoms with Crippen molar-refractivity contribution in [1.82, 2.24) is 9.88 Å². The first-order chi connectivity index (χ1) is 11.6. The van der Waals surface area contributed by atoms with E-state index < -0.39 is 0 Å². The average Bonchev–Trinajstić information content (AvgIpc) is 2.82. The molecule has 0 saturated heterocycles. The largest absolute Gasteiger partial charge is 0.270 e. The van der Waals surface area contributed by atoms with Gasteiger partial charge in [-0.1, -0.05) is 30.3 Å². The van der Waals surface area contributed by atoms with E-state index in [0.29, 0.717) is 11.1 Å². The highest BCUT2D eigenvalue weighted by Gasteiger charge is 2.35. The Balaban J connectivity index is 1.74. The summed E-state index contributed by atoms with van der Waals surface area (Å²) in [5, 5.41) is 1.02. The lowest BCUT2D eigenvalue weighted by molar-refractivity contribution is 0.0642.